The van der Waals surface area contributed by atoms with E-state index in [1.54, 1.807) is 6.92 Å². The summed E-state index contributed by atoms with van der Waals surface area (Å²) in [4.78, 5) is 32.7. The molecule has 2 rings (SSSR count). The Morgan fingerprint density at radius 3 is 2.40 bits per heavy atom. The van der Waals surface area contributed by atoms with E-state index in [4.69, 9.17) is 9.47 Å². The molecular formula is C16H14N2O7. The third-order valence-electron chi connectivity index (χ3n) is 3.48. The van der Waals surface area contributed by atoms with Gasteiger partial charge in [-0.2, -0.15) is 0 Å². The van der Waals surface area contributed by atoms with Gasteiger partial charge in [-0.15, -0.1) is 0 Å². The summed E-state index contributed by atoms with van der Waals surface area (Å²) in [6.07, 6.45) is 0. The Bertz CT molecular complexity index is 848. The van der Waals surface area contributed by atoms with E-state index >= 15 is 0 Å². The normalized spacial score (nSPS) is 10.2. The molecule has 0 aromatic heterocycles. The molecule has 0 fully saturated rings. The Labute approximate surface area is 142 Å². The Balaban J connectivity index is 2.20. The second-order valence-corrected chi connectivity index (χ2v) is 5.09. The average molecular weight is 346 g/mol. The highest BCUT2D eigenvalue weighted by molar-refractivity contribution is 5.90. The summed E-state index contributed by atoms with van der Waals surface area (Å²) in [7, 11) is 1.38. The number of nitro benzene ring substituents is 2. The topological polar surface area (TPSA) is 122 Å². The van der Waals surface area contributed by atoms with Crippen LogP contribution in [0.1, 0.15) is 21.5 Å². The zero-order valence-electron chi connectivity index (χ0n) is 13.4. The molecule has 9 nitrogen and oxygen atoms in total. The molecule has 0 unspecified atom stereocenters. The monoisotopic (exact) mass is 346 g/mol. The van der Waals surface area contributed by atoms with Crippen LogP contribution >= 0.6 is 0 Å². The molecule has 0 aliphatic rings. The van der Waals surface area contributed by atoms with Crippen LogP contribution in [-0.2, 0) is 11.3 Å². The van der Waals surface area contributed by atoms with Crippen LogP contribution in [0.3, 0.4) is 0 Å². The second-order valence-electron chi connectivity index (χ2n) is 5.09. The molecule has 2 aromatic rings. The fraction of sp³-hybridized carbons (Fsp3) is 0.188. The maximum absolute atomic E-state index is 12.1. The van der Waals surface area contributed by atoms with E-state index in [-0.39, 0.29) is 23.5 Å². The quantitative estimate of drug-likeness (QED) is 0.447. The number of hydrogen-bond acceptors (Lipinski definition) is 7. The summed E-state index contributed by atoms with van der Waals surface area (Å²) in [6.45, 7) is 1.28. The van der Waals surface area contributed by atoms with Gasteiger partial charge in [0, 0.05) is 29.3 Å². The molecule has 0 heterocycles. The standard InChI is InChI=1S/C16H14N2O7/c1-10-3-4-11(8-14(10)18(22)23)16(19)25-9-12-7-13(17(20)21)5-6-15(12)24-2/h3-8H,9H2,1-2H3. The number of ether oxygens (including phenoxy) is 2. The number of methoxy groups -OCH3 is 1. The molecule has 0 saturated heterocycles. The first-order valence-corrected chi connectivity index (χ1v) is 7.07. The summed E-state index contributed by atoms with van der Waals surface area (Å²) in [5.74, 6) is -0.454. The SMILES string of the molecule is COc1ccc([N+](=O)[O-])cc1COC(=O)c1ccc(C)c([N+](=O)[O-])c1. The minimum Gasteiger partial charge on any atom is -0.496 e. The fourth-order valence-electron chi connectivity index (χ4n) is 2.15. The molecule has 9 heteroatoms. The number of nitrogens with zero attached hydrogens (tertiary/aromatic N) is 2. The second kappa shape index (κ2) is 7.39. The molecule has 0 bridgehead atoms. The number of carbonyl (C=O) groups excluding carboxylic acids is 1. The van der Waals surface area contributed by atoms with Gasteiger partial charge in [0.05, 0.1) is 22.5 Å². The van der Waals surface area contributed by atoms with Gasteiger partial charge in [0.2, 0.25) is 0 Å². The highest BCUT2D eigenvalue weighted by Crippen LogP contribution is 2.25. The van der Waals surface area contributed by atoms with E-state index in [2.05, 4.69) is 0 Å². The summed E-state index contributed by atoms with van der Waals surface area (Å²) in [6, 6.07) is 7.90. The lowest BCUT2D eigenvalue weighted by Gasteiger charge is -2.09. The van der Waals surface area contributed by atoms with Crippen LogP contribution in [0.5, 0.6) is 5.75 Å². The maximum atomic E-state index is 12.1. The highest BCUT2D eigenvalue weighted by Gasteiger charge is 2.17. The Morgan fingerprint density at radius 1 is 1.08 bits per heavy atom. The van der Waals surface area contributed by atoms with Gasteiger partial charge in [-0.3, -0.25) is 20.2 Å². The van der Waals surface area contributed by atoms with Crippen LogP contribution < -0.4 is 4.74 Å². The van der Waals surface area contributed by atoms with Crippen molar-refractivity contribution < 1.29 is 24.1 Å². The Hall–Kier alpha value is -3.49. The minimum atomic E-state index is -0.781. The summed E-state index contributed by atoms with van der Waals surface area (Å²) in [5, 5.41) is 21.8. The van der Waals surface area contributed by atoms with Crippen LogP contribution in [0.25, 0.3) is 0 Å². The van der Waals surface area contributed by atoms with Crippen molar-refractivity contribution in [1.82, 2.24) is 0 Å². The molecule has 0 amide bonds. The molecule has 0 aliphatic carbocycles. The molecule has 0 saturated carbocycles. The van der Waals surface area contributed by atoms with Gasteiger partial charge in [0.15, 0.2) is 0 Å². The van der Waals surface area contributed by atoms with Crippen molar-refractivity contribution in [3.05, 3.63) is 73.3 Å². The van der Waals surface area contributed by atoms with Crippen LogP contribution in [0.15, 0.2) is 36.4 Å². The molecular weight excluding hydrogens is 332 g/mol. The molecule has 0 N–H and O–H groups in total. The van der Waals surface area contributed by atoms with E-state index in [0.29, 0.717) is 16.9 Å². The minimum absolute atomic E-state index is 0.0155. The third-order valence-corrected chi connectivity index (χ3v) is 3.48. The number of nitro groups is 2. The lowest BCUT2D eigenvalue weighted by atomic mass is 10.1. The predicted molar refractivity (Wildman–Crippen MR) is 86.6 cm³/mol. The predicted octanol–water partition coefficient (Wildman–Crippen LogP) is 3.18. The number of hydrogen-bond donors (Lipinski definition) is 0. The van der Waals surface area contributed by atoms with Gasteiger partial charge in [0.25, 0.3) is 11.4 Å². The van der Waals surface area contributed by atoms with Gasteiger partial charge in [-0.1, -0.05) is 6.07 Å². The summed E-state index contributed by atoms with van der Waals surface area (Å²) in [5.41, 5.74) is 0.385. The first-order valence-electron chi connectivity index (χ1n) is 7.07. The summed E-state index contributed by atoms with van der Waals surface area (Å²) < 4.78 is 10.2. The number of non-ortho nitro benzene ring substituents is 1. The first-order chi connectivity index (χ1) is 11.8. The van der Waals surface area contributed by atoms with Gasteiger partial charge in [-0.25, -0.2) is 4.79 Å². The van der Waals surface area contributed by atoms with Crippen LogP contribution in [0.2, 0.25) is 0 Å². The lowest BCUT2D eigenvalue weighted by molar-refractivity contribution is -0.385. The number of benzene rings is 2. The Kier molecular flexibility index (Phi) is 5.28. The number of esters is 1. The first kappa shape index (κ1) is 17.9. The largest absolute Gasteiger partial charge is 0.496 e. The zero-order valence-corrected chi connectivity index (χ0v) is 13.4. The van der Waals surface area contributed by atoms with E-state index in [0.717, 1.165) is 6.07 Å². The molecule has 2 aromatic carbocycles. The van der Waals surface area contributed by atoms with Crippen molar-refractivity contribution in [1.29, 1.82) is 0 Å². The highest BCUT2D eigenvalue weighted by atomic mass is 16.6. The van der Waals surface area contributed by atoms with E-state index in [1.807, 2.05) is 0 Å². The number of aryl methyl sites for hydroxylation is 1. The maximum Gasteiger partial charge on any atom is 0.338 e. The average Bonchev–Trinajstić information content (AvgIpc) is 2.59. The van der Waals surface area contributed by atoms with E-state index in [9.17, 15) is 25.0 Å². The van der Waals surface area contributed by atoms with E-state index < -0.39 is 15.8 Å². The van der Waals surface area contributed by atoms with Crippen molar-refractivity contribution >= 4 is 17.3 Å². The van der Waals surface area contributed by atoms with Crippen molar-refractivity contribution in [2.45, 2.75) is 13.5 Å². The van der Waals surface area contributed by atoms with Crippen molar-refractivity contribution in [2.24, 2.45) is 0 Å². The fourth-order valence-corrected chi connectivity index (χ4v) is 2.15. The van der Waals surface area contributed by atoms with Crippen LogP contribution in [0, 0.1) is 27.2 Å². The van der Waals surface area contributed by atoms with Crippen LogP contribution in [-0.4, -0.2) is 22.9 Å². The zero-order chi connectivity index (χ0) is 18.6. The molecule has 0 radical (unpaired) electrons. The molecule has 130 valence electrons. The molecule has 0 atom stereocenters. The summed E-state index contributed by atoms with van der Waals surface area (Å²) >= 11 is 0. The van der Waals surface area contributed by atoms with Crippen LogP contribution in [0.4, 0.5) is 11.4 Å². The smallest absolute Gasteiger partial charge is 0.338 e. The van der Waals surface area contributed by atoms with E-state index in [1.165, 1.54) is 37.4 Å². The van der Waals surface area contributed by atoms with Gasteiger partial charge in [-0.05, 0) is 19.1 Å². The number of carbonyl (C=O) groups is 1. The molecule has 25 heavy (non-hydrogen) atoms. The van der Waals surface area contributed by atoms with Gasteiger partial charge in [0.1, 0.15) is 12.4 Å². The van der Waals surface area contributed by atoms with Crippen molar-refractivity contribution in [3.8, 4) is 5.75 Å². The van der Waals surface area contributed by atoms with Crippen molar-refractivity contribution in [2.75, 3.05) is 7.11 Å². The Morgan fingerprint density at radius 2 is 1.80 bits per heavy atom. The molecule has 0 aliphatic heterocycles. The number of rotatable bonds is 6. The third kappa shape index (κ3) is 4.08. The van der Waals surface area contributed by atoms with Gasteiger partial charge >= 0.3 is 5.97 Å². The molecule has 0 spiro atoms. The van der Waals surface area contributed by atoms with Crippen molar-refractivity contribution in [3.63, 3.8) is 0 Å². The van der Waals surface area contributed by atoms with Gasteiger partial charge < -0.3 is 9.47 Å². The lowest BCUT2D eigenvalue weighted by Crippen LogP contribution is -2.07.